The lowest BCUT2D eigenvalue weighted by Crippen LogP contribution is -2.48. The van der Waals surface area contributed by atoms with Crippen molar-refractivity contribution < 1.29 is 0 Å². The van der Waals surface area contributed by atoms with E-state index in [0.29, 0.717) is 5.92 Å². The highest BCUT2D eigenvalue weighted by Crippen LogP contribution is 2.37. The standard InChI is InChI=1S/C15H25N5/c1-3-5-8-16-14-12-15(20(9-4-2)10-17-14)19-13(18-12)11-6-7-11/h11,13H,3-10H2,1-2H3,(H,16,17). The Morgan fingerprint density at radius 1 is 1.20 bits per heavy atom. The van der Waals surface area contributed by atoms with Crippen LogP contribution in [-0.4, -0.2) is 48.2 Å². The molecule has 110 valence electrons. The topological polar surface area (TPSA) is 52.4 Å². The predicted molar refractivity (Wildman–Crippen MR) is 83.6 cm³/mol. The van der Waals surface area contributed by atoms with Gasteiger partial charge in [0, 0.05) is 19.0 Å². The van der Waals surface area contributed by atoms with Crippen molar-refractivity contribution in [2.24, 2.45) is 20.9 Å². The number of nitrogens with zero attached hydrogens (tertiary/aromatic N) is 4. The van der Waals surface area contributed by atoms with Crippen LogP contribution in [0.4, 0.5) is 0 Å². The molecular formula is C15H25N5. The molecule has 0 amide bonds. The molecule has 0 bridgehead atoms. The molecule has 1 unspecified atom stereocenters. The number of rotatable bonds is 6. The van der Waals surface area contributed by atoms with Crippen molar-refractivity contribution in [1.29, 1.82) is 0 Å². The highest BCUT2D eigenvalue weighted by Gasteiger charge is 2.38. The lowest BCUT2D eigenvalue weighted by Gasteiger charge is -2.28. The van der Waals surface area contributed by atoms with Crippen molar-refractivity contribution in [2.45, 2.75) is 52.1 Å². The number of unbranched alkanes of at least 4 members (excludes halogenated alkanes) is 1. The minimum absolute atomic E-state index is 0.163. The molecule has 0 aromatic carbocycles. The van der Waals surface area contributed by atoms with Gasteiger partial charge in [-0.05, 0) is 25.7 Å². The zero-order valence-electron chi connectivity index (χ0n) is 12.6. The minimum atomic E-state index is 0.163. The molecule has 20 heavy (non-hydrogen) atoms. The summed E-state index contributed by atoms with van der Waals surface area (Å²) in [5, 5.41) is 3.45. The molecule has 1 saturated carbocycles. The molecule has 0 spiro atoms. The van der Waals surface area contributed by atoms with E-state index in [1.165, 1.54) is 25.7 Å². The van der Waals surface area contributed by atoms with Gasteiger partial charge in [0.15, 0.2) is 11.7 Å². The summed E-state index contributed by atoms with van der Waals surface area (Å²) in [6, 6.07) is 0. The molecule has 0 saturated heterocycles. The van der Waals surface area contributed by atoms with Gasteiger partial charge in [-0.15, -0.1) is 0 Å². The molecule has 3 aliphatic rings. The van der Waals surface area contributed by atoms with Crippen LogP contribution in [0, 0.1) is 5.92 Å². The summed E-state index contributed by atoms with van der Waals surface area (Å²) in [7, 11) is 0. The minimum Gasteiger partial charge on any atom is -0.368 e. The fraction of sp³-hybridized carbons (Fsp3) is 0.800. The molecule has 1 aliphatic carbocycles. The van der Waals surface area contributed by atoms with Gasteiger partial charge >= 0.3 is 0 Å². The van der Waals surface area contributed by atoms with Gasteiger partial charge in [0.05, 0.1) is 0 Å². The summed E-state index contributed by atoms with van der Waals surface area (Å²) >= 11 is 0. The normalized spacial score (nSPS) is 25.0. The van der Waals surface area contributed by atoms with E-state index in [1.54, 1.807) is 0 Å². The van der Waals surface area contributed by atoms with E-state index in [0.717, 1.165) is 43.6 Å². The molecule has 3 rings (SSSR count). The second kappa shape index (κ2) is 5.94. The van der Waals surface area contributed by atoms with Crippen LogP contribution >= 0.6 is 0 Å². The van der Waals surface area contributed by atoms with Crippen LogP contribution in [0.25, 0.3) is 0 Å². The van der Waals surface area contributed by atoms with E-state index in [9.17, 15) is 0 Å². The Kier molecular flexibility index (Phi) is 4.03. The zero-order chi connectivity index (χ0) is 13.9. The van der Waals surface area contributed by atoms with Gasteiger partial charge in [-0.2, -0.15) is 0 Å². The van der Waals surface area contributed by atoms with Crippen molar-refractivity contribution >= 4 is 17.4 Å². The van der Waals surface area contributed by atoms with E-state index in [-0.39, 0.29) is 6.17 Å². The summed E-state index contributed by atoms with van der Waals surface area (Å²) in [5.74, 6) is 2.73. The van der Waals surface area contributed by atoms with Crippen molar-refractivity contribution in [3.63, 3.8) is 0 Å². The second-order valence-electron chi connectivity index (χ2n) is 5.87. The highest BCUT2D eigenvalue weighted by atomic mass is 15.3. The van der Waals surface area contributed by atoms with Crippen LogP contribution in [0.5, 0.6) is 0 Å². The monoisotopic (exact) mass is 275 g/mol. The Hall–Kier alpha value is -1.39. The van der Waals surface area contributed by atoms with Crippen LogP contribution in [0.2, 0.25) is 0 Å². The summed E-state index contributed by atoms with van der Waals surface area (Å²) in [6.07, 6.45) is 6.21. The average molecular weight is 275 g/mol. The SMILES string of the molecule is CCCCNC1=NCN(CCC)C2=NC(C3CC3)N=C12. The summed E-state index contributed by atoms with van der Waals surface area (Å²) in [5.41, 5.74) is 1.01. The summed E-state index contributed by atoms with van der Waals surface area (Å²) < 4.78 is 0. The average Bonchev–Trinajstić information content (AvgIpc) is 3.20. The van der Waals surface area contributed by atoms with Gasteiger partial charge in [0.25, 0.3) is 0 Å². The molecule has 5 nitrogen and oxygen atoms in total. The van der Waals surface area contributed by atoms with Gasteiger partial charge < -0.3 is 10.2 Å². The van der Waals surface area contributed by atoms with E-state index in [1.807, 2.05) is 0 Å². The van der Waals surface area contributed by atoms with E-state index >= 15 is 0 Å². The first-order valence-corrected chi connectivity index (χ1v) is 8.03. The summed E-state index contributed by atoms with van der Waals surface area (Å²) in [4.78, 5) is 16.7. The van der Waals surface area contributed by atoms with Crippen molar-refractivity contribution in [2.75, 3.05) is 19.8 Å². The van der Waals surface area contributed by atoms with Crippen molar-refractivity contribution in [1.82, 2.24) is 10.2 Å². The third-order valence-electron chi connectivity index (χ3n) is 4.01. The molecule has 1 atom stereocenters. The lowest BCUT2D eigenvalue weighted by molar-refractivity contribution is 0.430. The third-order valence-corrected chi connectivity index (χ3v) is 4.01. The summed E-state index contributed by atoms with van der Waals surface area (Å²) in [6.45, 7) is 7.11. The first kappa shape index (κ1) is 13.6. The quantitative estimate of drug-likeness (QED) is 0.754. The maximum absolute atomic E-state index is 4.87. The van der Waals surface area contributed by atoms with Crippen LogP contribution in [0.3, 0.4) is 0 Å². The van der Waals surface area contributed by atoms with Gasteiger partial charge in [0.1, 0.15) is 18.5 Å². The molecule has 2 heterocycles. The van der Waals surface area contributed by atoms with Crippen molar-refractivity contribution in [3.05, 3.63) is 0 Å². The van der Waals surface area contributed by atoms with E-state index < -0.39 is 0 Å². The number of amidine groups is 2. The molecule has 1 N–H and O–H groups in total. The number of fused-ring (bicyclic) bond motifs is 1. The number of hydrogen-bond acceptors (Lipinski definition) is 5. The van der Waals surface area contributed by atoms with Gasteiger partial charge in [0.2, 0.25) is 0 Å². The predicted octanol–water partition coefficient (Wildman–Crippen LogP) is 2.05. The number of aliphatic imine (C=N–C) groups is 3. The van der Waals surface area contributed by atoms with Crippen LogP contribution < -0.4 is 5.32 Å². The number of hydrogen-bond donors (Lipinski definition) is 1. The molecule has 0 radical (unpaired) electrons. The maximum atomic E-state index is 4.87. The second-order valence-corrected chi connectivity index (χ2v) is 5.87. The van der Waals surface area contributed by atoms with Gasteiger partial charge in [-0.3, -0.25) is 4.99 Å². The zero-order valence-corrected chi connectivity index (χ0v) is 12.6. The Bertz CT molecular complexity index is 447. The first-order valence-electron chi connectivity index (χ1n) is 8.03. The third kappa shape index (κ3) is 2.72. The van der Waals surface area contributed by atoms with Gasteiger partial charge in [-0.25, -0.2) is 9.98 Å². The molecule has 2 aliphatic heterocycles. The smallest absolute Gasteiger partial charge is 0.157 e. The Balaban J connectivity index is 1.76. The van der Waals surface area contributed by atoms with Crippen LogP contribution in [0.15, 0.2) is 15.0 Å². The molecule has 0 aromatic heterocycles. The molecular weight excluding hydrogens is 250 g/mol. The maximum Gasteiger partial charge on any atom is 0.157 e. The van der Waals surface area contributed by atoms with Crippen LogP contribution in [0.1, 0.15) is 46.0 Å². The Labute approximate surface area is 121 Å². The van der Waals surface area contributed by atoms with E-state index in [4.69, 9.17) is 9.98 Å². The lowest BCUT2D eigenvalue weighted by atomic mass is 10.2. The van der Waals surface area contributed by atoms with Crippen molar-refractivity contribution in [3.8, 4) is 0 Å². The fourth-order valence-corrected chi connectivity index (χ4v) is 2.68. The molecule has 1 fully saturated rings. The van der Waals surface area contributed by atoms with Gasteiger partial charge in [-0.1, -0.05) is 20.3 Å². The number of nitrogens with one attached hydrogen (secondary N) is 1. The fourth-order valence-electron chi connectivity index (χ4n) is 2.68. The highest BCUT2D eigenvalue weighted by molar-refractivity contribution is 6.68. The first-order chi connectivity index (χ1) is 9.83. The largest absolute Gasteiger partial charge is 0.368 e. The Morgan fingerprint density at radius 2 is 2.05 bits per heavy atom. The van der Waals surface area contributed by atoms with E-state index in [2.05, 4.69) is 29.1 Å². The van der Waals surface area contributed by atoms with Crippen LogP contribution in [-0.2, 0) is 0 Å². The molecule has 0 aromatic rings. The Morgan fingerprint density at radius 3 is 2.75 bits per heavy atom. The molecule has 5 heteroatoms.